The number of imidazole rings is 1. The van der Waals surface area contributed by atoms with Gasteiger partial charge in [0.15, 0.2) is 5.82 Å². The lowest BCUT2D eigenvalue weighted by molar-refractivity contribution is 0.0899. The molecule has 1 saturated heterocycles. The summed E-state index contributed by atoms with van der Waals surface area (Å²) in [7, 11) is 0. The first-order chi connectivity index (χ1) is 11.1. The largest absolute Gasteiger partial charge is 0.347 e. The molecule has 1 aliphatic rings. The number of aryl methyl sites for hydroxylation is 1. The van der Waals surface area contributed by atoms with Crippen LogP contribution in [-0.4, -0.2) is 39.9 Å². The summed E-state index contributed by atoms with van der Waals surface area (Å²) >= 11 is 6.22. The van der Waals surface area contributed by atoms with Crippen molar-refractivity contribution in [1.29, 1.82) is 0 Å². The summed E-state index contributed by atoms with van der Waals surface area (Å²) in [6.07, 6.45) is 3.55. The summed E-state index contributed by atoms with van der Waals surface area (Å²) in [5, 5.41) is 3.87. The number of aromatic amines is 1. The summed E-state index contributed by atoms with van der Waals surface area (Å²) in [4.78, 5) is 21.5. The summed E-state index contributed by atoms with van der Waals surface area (Å²) in [6, 6.07) is 8.16. The number of hydrogen-bond acceptors (Lipinski definition) is 3. The maximum atomic E-state index is 12.1. The monoisotopic (exact) mass is 332 g/mol. The molecule has 1 aliphatic heterocycles. The summed E-state index contributed by atoms with van der Waals surface area (Å²) in [6.45, 7) is 4.65. The van der Waals surface area contributed by atoms with Crippen LogP contribution in [0.2, 0.25) is 5.02 Å². The minimum Gasteiger partial charge on any atom is -0.347 e. The number of rotatable bonds is 4. The SMILES string of the molecule is Cc1cnc(C(=O)NC2CCN(Cc3ccccc3Cl)CC2)[nH]1. The Balaban J connectivity index is 1.49. The third-order valence-corrected chi connectivity index (χ3v) is 4.56. The Hall–Kier alpha value is -1.85. The Labute approximate surface area is 141 Å². The highest BCUT2D eigenvalue weighted by Gasteiger charge is 2.22. The Morgan fingerprint density at radius 3 is 2.78 bits per heavy atom. The third kappa shape index (κ3) is 4.12. The molecule has 0 spiro atoms. The summed E-state index contributed by atoms with van der Waals surface area (Å²) < 4.78 is 0. The Morgan fingerprint density at radius 1 is 1.39 bits per heavy atom. The number of likely N-dealkylation sites (tertiary alicyclic amines) is 1. The maximum Gasteiger partial charge on any atom is 0.287 e. The van der Waals surface area contributed by atoms with Crippen molar-refractivity contribution in [3.63, 3.8) is 0 Å². The molecule has 122 valence electrons. The second-order valence-electron chi connectivity index (χ2n) is 6.03. The molecule has 2 heterocycles. The molecule has 1 aromatic carbocycles. The van der Waals surface area contributed by atoms with Crippen LogP contribution in [-0.2, 0) is 6.54 Å². The second-order valence-corrected chi connectivity index (χ2v) is 6.44. The summed E-state index contributed by atoms with van der Waals surface area (Å²) in [5.74, 6) is 0.267. The molecular weight excluding hydrogens is 312 g/mol. The highest BCUT2D eigenvalue weighted by molar-refractivity contribution is 6.31. The molecular formula is C17H21ClN4O. The van der Waals surface area contributed by atoms with Crippen molar-refractivity contribution in [2.24, 2.45) is 0 Å². The number of hydrogen-bond donors (Lipinski definition) is 2. The fourth-order valence-corrected chi connectivity index (χ4v) is 3.08. The van der Waals surface area contributed by atoms with E-state index in [0.29, 0.717) is 5.82 Å². The van der Waals surface area contributed by atoms with Gasteiger partial charge in [-0.15, -0.1) is 0 Å². The molecule has 23 heavy (non-hydrogen) atoms. The lowest BCUT2D eigenvalue weighted by atomic mass is 10.0. The van der Waals surface area contributed by atoms with Gasteiger partial charge < -0.3 is 10.3 Å². The highest BCUT2D eigenvalue weighted by atomic mass is 35.5. The Morgan fingerprint density at radius 2 is 2.13 bits per heavy atom. The smallest absolute Gasteiger partial charge is 0.287 e. The van der Waals surface area contributed by atoms with Gasteiger partial charge in [-0.1, -0.05) is 29.8 Å². The van der Waals surface area contributed by atoms with Crippen LogP contribution >= 0.6 is 11.6 Å². The van der Waals surface area contributed by atoms with E-state index in [1.807, 2.05) is 25.1 Å². The van der Waals surface area contributed by atoms with Gasteiger partial charge in [0, 0.05) is 42.6 Å². The van der Waals surface area contributed by atoms with E-state index in [2.05, 4.69) is 26.3 Å². The second kappa shape index (κ2) is 7.15. The zero-order valence-electron chi connectivity index (χ0n) is 13.2. The molecule has 6 heteroatoms. The number of benzene rings is 1. The number of carbonyl (C=O) groups is 1. The molecule has 0 bridgehead atoms. The van der Waals surface area contributed by atoms with E-state index < -0.39 is 0 Å². The zero-order valence-corrected chi connectivity index (χ0v) is 13.9. The number of piperidine rings is 1. The predicted molar refractivity (Wildman–Crippen MR) is 90.5 cm³/mol. The fraction of sp³-hybridized carbons (Fsp3) is 0.412. The average Bonchev–Trinajstić information content (AvgIpc) is 2.98. The standard InChI is InChI=1S/C17H21ClN4O/c1-12-10-19-16(20-12)17(23)21-14-6-8-22(9-7-14)11-13-4-2-3-5-15(13)18/h2-5,10,14H,6-9,11H2,1H3,(H,19,20)(H,21,23). The van der Waals surface area contributed by atoms with E-state index in [-0.39, 0.29) is 11.9 Å². The molecule has 0 unspecified atom stereocenters. The molecule has 1 aromatic heterocycles. The minimum absolute atomic E-state index is 0.123. The predicted octanol–water partition coefficient (Wildman–Crippen LogP) is 2.77. The Bertz CT molecular complexity index is 677. The van der Waals surface area contributed by atoms with Crippen molar-refractivity contribution in [2.75, 3.05) is 13.1 Å². The lowest BCUT2D eigenvalue weighted by Crippen LogP contribution is -2.44. The normalized spacial score (nSPS) is 16.4. The van der Waals surface area contributed by atoms with E-state index in [1.54, 1.807) is 6.20 Å². The van der Waals surface area contributed by atoms with E-state index in [1.165, 1.54) is 0 Å². The molecule has 2 N–H and O–H groups in total. The van der Waals surface area contributed by atoms with Crippen LogP contribution in [0.25, 0.3) is 0 Å². The van der Waals surface area contributed by atoms with Gasteiger partial charge in [-0.25, -0.2) is 4.98 Å². The van der Waals surface area contributed by atoms with Gasteiger partial charge in [-0.2, -0.15) is 0 Å². The topological polar surface area (TPSA) is 61.0 Å². The molecule has 0 aliphatic carbocycles. The molecule has 3 rings (SSSR count). The van der Waals surface area contributed by atoms with Crippen LogP contribution in [0.1, 0.15) is 34.7 Å². The van der Waals surface area contributed by atoms with E-state index in [0.717, 1.165) is 48.8 Å². The first-order valence-corrected chi connectivity index (χ1v) is 8.28. The van der Waals surface area contributed by atoms with Gasteiger partial charge in [0.1, 0.15) is 0 Å². The fourth-order valence-electron chi connectivity index (χ4n) is 2.88. The van der Waals surface area contributed by atoms with Crippen LogP contribution in [0.3, 0.4) is 0 Å². The van der Waals surface area contributed by atoms with E-state index >= 15 is 0 Å². The third-order valence-electron chi connectivity index (χ3n) is 4.19. The molecule has 0 saturated carbocycles. The van der Waals surface area contributed by atoms with Crippen molar-refractivity contribution >= 4 is 17.5 Å². The zero-order chi connectivity index (χ0) is 16.2. The van der Waals surface area contributed by atoms with Gasteiger partial charge in [0.05, 0.1) is 0 Å². The first-order valence-electron chi connectivity index (χ1n) is 7.90. The molecule has 0 atom stereocenters. The number of H-pyrrole nitrogens is 1. The van der Waals surface area contributed by atoms with Crippen molar-refractivity contribution in [3.8, 4) is 0 Å². The van der Waals surface area contributed by atoms with Crippen molar-refractivity contribution in [3.05, 3.63) is 52.6 Å². The molecule has 2 aromatic rings. The molecule has 5 nitrogen and oxygen atoms in total. The first kappa shape index (κ1) is 16.0. The van der Waals surface area contributed by atoms with Crippen LogP contribution in [0.15, 0.2) is 30.5 Å². The lowest BCUT2D eigenvalue weighted by Gasteiger charge is -2.32. The van der Waals surface area contributed by atoms with Gasteiger partial charge in [0.2, 0.25) is 0 Å². The van der Waals surface area contributed by atoms with Gasteiger partial charge in [-0.05, 0) is 31.4 Å². The minimum atomic E-state index is -0.123. The van der Waals surface area contributed by atoms with Crippen LogP contribution in [0.5, 0.6) is 0 Å². The van der Waals surface area contributed by atoms with Crippen LogP contribution < -0.4 is 5.32 Å². The van der Waals surface area contributed by atoms with Gasteiger partial charge >= 0.3 is 0 Å². The number of amides is 1. The number of nitrogens with one attached hydrogen (secondary N) is 2. The molecule has 1 amide bonds. The number of nitrogens with zero attached hydrogens (tertiary/aromatic N) is 2. The van der Waals surface area contributed by atoms with E-state index in [4.69, 9.17) is 11.6 Å². The quantitative estimate of drug-likeness (QED) is 0.905. The summed E-state index contributed by atoms with van der Waals surface area (Å²) in [5.41, 5.74) is 2.05. The molecule has 0 radical (unpaired) electrons. The average molecular weight is 333 g/mol. The molecule has 1 fully saturated rings. The van der Waals surface area contributed by atoms with Crippen molar-refractivity contribution in [2.45, 2.75) is 32.4 Å². The van der Waals surface area contributed by atoms with Crippen LogP contribution in [0.4, 0.5) is 0 Å². The number of halogens is 1. The van der Waals surface area contributed by atoms with Crippen LogP contribution in [0, 0.1) is 6.92 Å². The van der Waals surface area contributed by atoms with E-state index in [9.17, 15) is 4.79 Å². The number of aromatic nitrogens is 2. The van der Waals surface area contributed by atoms with Crippen molar-refractivity contribution < 1.29 is 4.79 Å². The Kier molecular flexibility index (Phi) is 4.98. The highest BCUT2D eigenvalue weighted by Crippen LogP contribution is 2.19. The number of carbonyl (C=O) groups excluding carboxylic acids is 1. The van der Waals surface area contributed by atoms with Gasteiger partial charge in [-0.3, -0.25) is 9.69 Å². The van der Waals surface area contributed by atoms with Gasteiger partial charge in [0.25, 0.3) is 5.91 Å². The van der Waals surface area contributed by atoms with Crippen molar-refractivity contribution in [1.82, 2.24) is 20.2 Å². The maximum absolute atomic E-state index is 12.1.